The summed E-state index contributed by atoms with van der Waals surface area (Å²) in [7, 11) is 0. The molecule has 0 radical (unpaired) electrons. The first-order chi connectivity index (χ1) is 16.7. The summed E-state index contributed by atoms with van der Waals surface area (Å²) >= 11 is 6.39. The Labute approximate surface area is 203 Å². The highest BCUT2D eigenvalue weighted by Gasteiger charge is 2.18. The van der Waals surface area contributed by atoms with Crippen molar-refractivity contribution in [2.24, 2.45) is 0 Å². The predicted octanol–water partition coefficient (Wildman–Crippen LogP) is 4.82. The maximum absolute atomic E-state index is 6.39. The van der Waals surface area contributed by atoms with Crippen molar-refractivity contribution in [2.75, 3.05) is 49.6 Å². The molecule has 2 aliphatic heterocycles. The van der Waals surface area contributed by atoms with Crippen molar-refractivity contribution in [3.63, 3.8) is 0 Å². The number of pyridine rings is 1. The highest BCUT2D eigenvalue weighted by Crippen LogP contribution is 2.35. The van der Waals surface area contributed by atoms with Gasteiger partial charge < -0.3 is 25.3 Å². The molecule has 2 aromatic heterocycles. The van der Waals surface area contributed by atoms with Gasteiger partial charge in [0.2, 0.25) is 0 Å². The zero-order chi connectivity index (χ0) is 22.9. The zero-order valence-electron chi connectivity index (χ0n) is 19.1. The third-order valence-corrected chi connectivity index (χ3v) is 7.10. The van der Waals surface area contributed by atoms with Crippen LogP contribution in [0.1, 0.15) is 19.3 Å². The molecule has 6 rings (SSSR count). The number of ether oxygens (including phenoxy) is 1. The minimum absolute atomic E-state index is 0.454. The van der Waals surface area contributed by atoms with Gasteiger partial charge in [-0.2, -0.15) is 0 Å². The summed E-state index contributed by atoms with van der Waals surface area (Å²) in [5.74, 6) is 0.808. The van der Waals surface area contributed by atoms with Crippen molar-refractivity contribution in [1.29, 1.82) is 0 Å². The molecule has 2 fully saturated rings. The van der Waals surface area contributed by atoms with Gasteiger partial charge in [0, 0.05) is 48.0 Å². The predicted molar refractivity (Wildman–Crippen MR) is 139 cm³/mol. The number of morpholine rings is 1. The average Bonchev–Trinajstić information content (AvgIpc) is 3.31. The molecule has 8 heteroatoms. The van der Waals surface area contributed by atoms with E-state index in [0.29, 0.717) is 11.1 Å². The Bertz CT molecular complexity index is 1310. The molecule has 0 spiro atoms. The molecule has 0 aliphatic carbocycles. The zero-order valence-corrected chi connectivity index (χ0v) is 19.9. The molecule has 1 atom stereocenters. The maximum Gasteiger partial charge on any atom is 0.142 e. The Balaban J connectivity index is 1.39. The molecule has 34 heavy (non-hydrogen) atoms. The van der Waals surface area contributed by atoms with E-state index in [-0.39, 0.29) is 0 Å². The second-order valence-electron chi connectivity index (χ2n) is 9.12. The largest absolute Gasteiger partial charge is 0.382 e. The molecule has 4 aromatic rings. The van der Waals surface area contributed by atoms with Crippen LogP contribution in [0.4, 0.5) is 11.4 Å². The summed E-state index contributed by atoms with van der Waals surface area (Å²) in [5.41, 5.74) is 6.04. The van der Waals surface area contributed by atoms with Crippen LogP contribution in [0.25, 0.3) is 33.3 Å². The fourth-order valence-electron chi connectivity index (χ4n) is 5.00. The lowest BCUT2D eigenvalue weighted by Gasteiger charge is -2.28. The monoisotopic (exact) mass is 476 g/mol. The van der Waals surface area contributed by atoms with Crippen LogP contribution in [0.3, 0.4) is 0 Å². The number of fused-ring (bicyclic) bond motifs is 2. The first-order valence-corrected chi connectivity index (χ1v) is 12.5. The Morgan fingerprint density at radius 1 is 1.09 bits per heavy atom. The molecule has 2 saturated heterocycles. The summed E-state index contributed by atoms with van der Waals surface area (Å²) < 4.78 is 5.50. The van der Waals surface area contributed by atoms with Crippen molar-refractivity contribution >= 4 is 44.9 Å². The van der Waals surface area contributed by atoms with E-state index >= 15 is 0 Å². The molecular formula is C26H29ClN6O. The lowest BCUT2D eigenvalue weighted by Crippen LogP contribution is -2.39. The summed E-state index contributed by atoms with van der Waals surface area (Å²) in [5, 5.41) is 9.05. The van der Waals surface area contributed by atoms with E-state index in [0.717, 1.165) is 78.4 Å². The van der Waals surface area contributed by atoms with Crippen molar-refractivity contribution in [2.45, 2.75) is 25.3 Å². The van der Waals surface area contributed by atoms with Crippen molar-refractivity contribution in [1.82, 2.24) is 20.3 Å². The van der Waals surface area contributed by atoms with E-state index in [1.165, 1.54) is 24.9 Å². The van der Waals surface area contributed by atoms with Gasteiger partial charge in [0.15, 0.2) is 0 Å². The first kappa shape index (κ1) is 21.6. The number of halogens is 1. The van der Waals surface area contributed by atoms with Gasteiger partial charge in [0.25, 0.3) is 0 Å². The van der Waals surface area contributed by atoms with Crippen LogP contribution in [0.5, 0.6) is 0 Å². The molecule has 0 amide bonds. The molecule has 176 valence electrons. The highest BCUT2D eigenvalue weighted by atomic mass is 35.5. The number of piperidine rings is 1. The van der Waals surface area contributed by atoms with Gasteiger partial charge in [0.1, 0.15) is 5.82 Å². The van der Waals surface area contributed by atoms with E-state index in [2.05, 4.69) is 38.7 Å². The smallest absolute Gasteiger partial charge is 0.142 e. The summed E-state index contributed by atoms with van der Waals surface area (Å²) in [6, 6.07) is 12.7. The van der Waals surface area contributed by atoms with Gasteiger partial charge in [-0.15, -0.1) is 0 Å². The number of aromatic nitrogens is 3. The van der Waals surface area contributed by atoms with E-state index in [1.807, 2.05) is 24.4 Å². The quantitative estimate of drug-likeness (QED) is 0.383. The number of nitrogens with zero attached hydrogens (tertiary/aromatic N) is 3. The molecule has 3 N–H and O–H groups in total. The second-order valence-corrected chi connectivity index (χ2v) is 9.56. The summed E-state index contributed by atoms with van der Waals surface area (Å²) in [4.78, 5) is 15.6. The molecule has 0 bridgehead atoms. The molecule has 1 unspecified atom stereocenters. The van der Waals surface area contributed by atoms with Gasteiger partial charge in [-0.25, -0.2) is 4.98 Å². The number of H-pyrrole nitrogens is 1. The topological polar surface area (TPSA) is 78.1 Å². The number of imidazole rings is 1. The van der Waals surface area contributed by atoms with Crippen LogP contribution in [0, 0.1) is 0 Å². The van der Waals surface area contributed by atoms with Crippen LogP contribution in [0.2, 0.25) is 5.02 Å². The fourth-order valence-corrected chi connectivity index (χ4v) is 5.17. The van der Waals surface area contributed by atoms with Gasteiger partial charge in [0.05, 0.1) is 41.0 Å². The normalized spacial score (nSPS) is 19.1. The highest BCUT2D eigenvalue weighted by molar-refractivity contribution is 6.31. The summed E-state index contributed by atoms with van der Waals surface area (Å²) in [6.07, 6.45) is 5.61. The lowest BCUT2D eigenvalue weighted by molar-refractivity contribution is 0.122. The number of benzene rings is 2. The molecule has 7 nitrogen and oxygen atoms in total. The third-order valence-electron chi connectivity index (χ3n) is 6.86. The minimum atomic E-state index is 0.454. The molecule has 2 aliphatic rings. The second kappa shape index (κ2) is 9.41. The van der Waals surface area contributed by atoms with E-state index in [4.69, 9.17) is 26.3 Å². The number of nitrogens with one attached hydrogen (secondary N) is 3. The molecular weight excluding hydrogens is 448 g/mol. The first-order valence-electron chi connectivity index (χ1n) is 12.1. The van der Waals surface area contributed by atoms with Crippen LogP contribution < -0.4 is 15.5 Å². The Kier molecular flexibility index (Phi) is 5.99. The maximum atomic E-state index is 6.39. The van der Waals surface area contributed by atoms with Crippen molar-refractivity contribution in [3.8, 4) is 11.4 Å². The van der Waals surface area contributed by atoms with E-state index in [1.54, 1.807) is 0 Å². The van der Waals surface area contributed by atoms with E-state index in [9.17, 15) is 0 Å². The Hall–Kier alpha value is -2.87. The van der Waals surface area contributed by atoms with E-state index < -0.39 is 0 Å². The van der Waals surface area contributed by atoms with Gasteiger partial charge >= 0.3 is 0 Å². The third kappa shape index (κ3) is 4.31. The van der Waals surface area contributed by atoms with Crippen LogP contribution >= 0.6 is 11.6 Å². The number of rotatable bonds is 5. The van der Waals surface area contributed by atoms with Crippen molar-refractivity contribution < 1.29 is 4.74 Å². The molecule has 4 heterocycles. The van der Waals surface area contributed by atoms with Gasteiger partial charge in [-0.05, 0) is 55.8 Å². The summed E-state index contributed by atoms with van der Waals surface area (Å²) in [6.45, 7) is 5.28. The minimum Gasteiger partial charge on any atom is -0.382 e. The van der Waals surface area contributed by atoms with Gasteiger partial charge in [-0.1, -0.05) is 18.0 Å². The van der Waals surface area contributed by atoms with Crippen molar-refractivity contribution in [3.05, 3.63) is 47.6 Å². The molecule has 0 saturated carbocycles. The average molecular weight is 477 g/mol. The molecule has 2 aromatic carbocycles. The fraction of sp³-hybridized carbons (Fsp3) is 0.385. The number of hydrogen-bond acceptors (Lipinski definition) is 6. The van der Waals surface area contributed by atoms with Crippen LogP contribution in [-0.2, 0) is 4.74 Å². The Morgan fingerprint density at radius 2 is 1.97 bits per heavy atom. The van der Waals surface area contributed by atoms with Gasteiger partial charge in [-0.3, -0.25) is 4.98 Å². The lowest BCUT2D eigenvalue weighted by atomic mass is 10.0. The number of hydrogen-bond donors (Lipinski definition) is 3. The standard InChI is InChI=1S/C26H29ClN6O/c27-17-4-6-22-20(13-17)25(30-15-18-3-1-2-8-28-18)21(16-29-22)26-31-23-7-5-19(14-24(23)32-26)33-9-11-34-12-10-33/h4-7,13-14,16,18,28H,1-3,8-12,15H2,(H,29,30)(H,31,32). The number of aromatic amines is 1. The Morgan fingerprint density at radius 3 is 2.82 bits per heavy atom. The number of anilines is 2. The van der Waals surface area contributed by atoms with Crippen LogP contribution in [0.15, 0.2) is 42.6 Å². The van der Waals surface area contributed by atoms with Crippen LogP contribution in [-0.4, -0.2) is 60.4 Å². The SMILES string of the molecule is Clc1ccc2ncc(-c3nc4ccc(N5CCOCC5)cc4[nH]3)c(NCC3CCCCN3)c2c1.